The molecule has 0 radical (unpaired) electrons. The zero-order valence-corrected chi connectivity index (χ0v) is 22.3. The summed E-state index contributed by atoms with van der Waals surface area (Å²) in [6.07, 6.45) is 0. The van der Waals surface area contributed by atoms with E-state index in [4.69, 9.17) is 14.5 Å². The first-order valence-electron chi connectivity index (χ1n) is 11.4. The highest BCUT2D eigenvalue weighted by Gasteiger charge is 2.12. The van der Waals surface area contributed by atoms with Gasteiger partial charge >= 0.3 is 0 Å². The van der Waals surface area contributed by atoms with Gasteiger partial charge < -0.3 is 14.8 Å². The van der Waals surface area contributed by atoms with Gasteiger partial charge in [0.15, 0.2) is 11.5 Å². The van der Waals surface area contributed by atoms with Crippen LogP contribution in [0.1, 0.15) is 16.7 Å². The molecule has 0 aliphatic carbocycles. The van der Waals surface area contributed by atoms with E-state index in [0.29, 0.717) is 23.6 Å². The van der Waals surface area contributed by atoms with Crippen LogP contribution in [0.4, 0.5) is 10.1 Å². The van der Waals surface area contributed by atoms with Crippen LogP contribution in [0.3, 0.4) is 0 Å². The van der Waals surface area contributed by atoms with Crippen molar-refractivity contribution in [1.29, 1.82) is 0 Å². The Morgan fingerprint density at radius 2 is 1.75 bits per heavy atom. The van der Waals surface area contributed by atoms with Crippen molar-refractivity contribution in [2.24, 2.45) is 0 Å². The van der Waals surface area contributed by atoms with E-state index in [1.165, 1.54) is 16.3 Å². The summed E-state index contributed by atoms with van der Waals surface area (Å²) in [5.74, 6) is 0.847. The van der Waals surface area contributed by atoms with Crippen molar-refractivity contribution in [3.63, 3.8) is 0 Å². The standard InChI is InChI=1S/C29H24BrFN2O2S/c1-18-7-12-25-28(13-18)36-29(33-25)19-8-10-22(11-9-19)32-16-21-14-26(34-2)27(15-23(21)30)35-17-20-5-3-4-6-24(20)31/h3-15,32H,16-17H2,1-2H3. The molecule has 0 saturated heterocycles. The van der Waals surface area contributed by atoms with Crippen molar-refractivity contribution in [3.8, 4) is 22.1 Å². The van der Waals surface area contributed by atoms with Crippen LogP contribution < -0.4 is 14.8 Å². The molecule has 0 aliphatic rings. The molecule has 0 spiro atoms. The molecule has 4 aromatic carbocycles. The van der Waals surface area contributed by atoms with Crippen LogP contribution in [0.2, 0.25) is 0 Å². The molecule has 0 fully saturated rings. The summed E-state index contributed by atoms with van der Waals surface area (Å²) < 4.78 is 27.4. The van der Waals surface area contributed by atoms with Gasteiger partial charge in [-0.15, -0.1) is 11.3 Å². The van der Waals surface area contributed by atoms with Gasteiger partial charge in [-0.3, -0.25) is 0 Å². The van der Waals surface area contributed by atoms with Crippen LogP contribution in [0, 0.1) is 12.7 Å². The van der Waals surface area contributed by atoms with E-state index < -0.39 is 0 Å². The highest BCUT2D eigenvalue weighted by atomic mass is 79.9. The van der Waals surface area contributed by atoms with Gasteiger partial charge in [-0.25, -0.2) is 9.37 Å². The lowest BCUT2D eigenvalue weighted by Gasteiger charge is -2.15. The van der Waals surface area contributed by atoms with Crippen molar-refractivity contribution in [3.05, 3.63) is 106 Å². The minimum Gasteiger partial charge on any atom is -0.493 e. The maximum Gasteiger partial charge on any atom is 0.162 e. The lowest BCUT2D eigenvalue weighted by Crippen LogP contribution is -2.03. The van der Waals surface area contributed by atoms with Gasteiger partial charge in [0.2, 0.25) is 0 Å². The second-order valence-electron chi connectivity index (χ2n) is 8.40. The Hall–Kier alpha value is -3.42. The van der Waals surface area contributed by atoms with Crippen LogP contribution in [0.25, 0.3) is 20.8 Å². The van der Waals surface area contributed by atoms with Crippen molar-refractivity contribution in [1.82, 2.24) is 4.98 Å². The first-order valence-corrected chi connectivity index (χ1v) is 13.1. The van der Waals surface area contributed by atoms with E-state index in [9.17, 15) is 4.39 Å². The fourth-order valence-corrected chi connectivity index (χ4v) is 5.37. The highest BCUT2D eigenvalue weighted by molar-refractivity contribution is 9.10. The molecule has 0 aliphatic heterocycles. The number of benzene rings is 4. The van der Waals surface area contributed by atoms with Gasteiger partial charge in [0.25, 0.3) is 0 Å². The summed E-state index contributed by atoms with van der Waals surface area (Å²) in [5.41, 5.74) is 5.87. The molecule has 5 aromatic rings. The van der Waals surface area contributed by atoms with Crippen molar-refractivity contribution >= 4 is 43.2 Å². The number of halogens is 2. The van der Waals surface area contributed by atoms with E-state index in [1.54, 1.807) is 36.6 Å². The topological polar surface area (TPSA) is 43.4 Å². The summed E-state index contributed by atoms with van der Waals surface area (Å²) in [5, 5.41) is 4.47. The summed E-state index contributed by atoms with van der Waals surface area (Å²) in [6.45, 7) is 2.80. The predicted molar refractivity (Wildman–Crippen MR) is 149 cm³/mol. The van der Waals surface area contributed by atoms with Crippen molar-refractivity contribution in [2.75, 3.05) is 12.4 Å². The second-order valence-corrected chi connectivity index (χ2v) is 10.3. The number of ether oxygens (including phenoxy) is 2. The lowest BCUT2D eigenvalue weighted by molar-refractivity contribution is 0.279. The minimum atomic E-state index is -0.291. The summed E-state index contributed by atoms with van der Waals surface area (Å²) in [6, 6.07) is 25.0. The molecular weight excluding hydrogens is 539 g/mol. The number of methoxy groups -OCH3 is 1. The average Bonchev–Trinajstić information content (AvgIpc) is 3.31. The van der Waals surface area contributed by atoms with Gasteiger partial charge in [0.1, 0.15) is 17.4 Å². The van der Waals surface area contributed by atoms with Crippen LogP contribution in [-0.4, -0.2) is 12.1 Å². The van der Waals surface area contributed by atoms with Gasteiger partial charge in [-0.2, -0.15) is 0 Å². The first kappa shape index (κ1) is 24.3. The zero-order valence-electron chi connectivity index (χ0n) is 19.8. The molecule has 36 heavy (non-hydrogen) atoms. The fourth-order valence-electron chi connectivity index (χ4n) is 3.84. The van der Waals surface area contributed by atoms with E-state index in [2.05, 4.69) is 70.6 Å². The number of hydrogen-bond donors (Lipinski definition) is 1. The van der Waals surface area contributed by atoms with Crippen LogP contribution in [0.5, 0.6) is 11.5 Å². The van der Waals surface area contributed by atoms with Crippen LogP contribution >= 0.6 is 27.3 Å². The number of rotatable bonds is 8. The molecule has 1 aromatic heterocycles. The Balaban J connectivity index is 1.26. The number of fused-ring (bicyclic) bond motifs is 1. The molecule has 0 bridgehead atoms. The number of aromatic nitrogens is 1. The monoisotopic (exact) mass is 562 g/mol. The first-order chi connectivity index (χ1) is 17.5. The lowest BCUT2D eigenvalue weighted by atomic mass is 10.1. The Labute approximate surface area is 221 Å². The quantitative estimate of drug-likeness (QED) is 0.206. The van der Waals surface area contributed by atoms with Crippen molar-refractivity contribution < 1.29 is 13.9 Å². The number of anilines is 1. The third-order valence-corrected chi connectivity index (χ3v) is 7.64. The molecule has 0 amide bonds. The number of nitrogens with one attached hydrogen (secondary N) is 1. The number of thiazole rings is 1. The molecule has 0 unspecified atom stereocenters. The largest absolute Gasteiger partial charge is 0.493 e. The smallest absolute Gasteiger partial charge is 0.162 e. The molecule has 7 heteroatoms. The summed E-state index contributed by atoms with van der Waals surface area (Å²) in [4.78, 5) is 4.77. The second kappa shape index (κ2) is 10.7. The van der Waals surface area contributed by atoms with Gasteiger partial charge in [0.05, 0.1) is 17.3 Å². The normalized spacial score (nSPS) is 11.0. The Bertz CT molecular complexity index is 1520. The molecule has 1 heterocycles. The van der Waals surface area contributed by atoms with E-state index in [0.717, 1.165) is 31.8 Å². The number of aryl methyl sites for hydroxylation is 1. The van der Waals surface area contributed by atoms with E-state index >= 15 is 0 Å². The predicted octanol–water partition coefficient (Wildman–Crippen LogP) is 8.37. The van der Waals surface area contributed by atoms with Gasteiger partial charge in [-0.1, -0.05) is 40.2 Å². The van der Waals surface area contributed by atoms with Gasteiger partial charge in [-0.05, 0) is 72.6 Å². The minimum absolute atomic E-state index is 0.119. The number of nitrogens with zero attached hydrogens (tertiary/aromatic N) is 1. The molecule has 0 saturated carbocycles. The van der Waals surface area contributed by atoms with Crippen LogP contribution in [0.15, 0.2) is 83.3 Å². The van der Waals surface area contributed by atoms with E-state index in [1.807, 2.05) is 12.1 Å². The molecule has 1 N–H and O–H groups in total. The molecule has 182 valence electrons. The van der Waals surface area contributed by atoms with Crippen molar-refractivity contribution in [2.45, 2.75) is 20.1 Å². The van der Waals surface area contributed by atoms with Gasteiger partial charge in [0, 0.05) is 27.8 Å². The Morgan fingerprint density at radius 1 is 0.944 bits per heavy atom. The maximum absolute atomic E-state index is 13.9. The summed E-state index contributed by atoms with van der Waals surface area (Å²) >= 11 is 5.34. The zero-order chi connectivity index (χ0) is 25.1. The Kier molecular flexibility index (Phi) is 7.20. The molecule has 0 atom stereocenters. The highest BCUT2D eigenvalue weighted by Crippen LogP contribution is 2.35. The van der Waals surface area contributed by atoms with Crippen LogP contribution in [-0.2, 0) is 13.2 Å². The fraction of sp³-hybridized carbons (Fsp3) is 0.138. The SMILES string of the molecule is COc1cc(CNc2ccc(-c3nc4ccc(C)cc4s3)cc2)c(Br)cc1OCc1ccccc1F. The Morgan fingerprint density at radius 3 is 2.53 bits per heavy atom. The average molecular weight is 563 g/mol. The van der Waals surface area contributed by atoms with E-state index in [-0.39, 0.29) is 12.4 Å². The molecule has 4 nitrogen and oxygen atoms in total. The molecular formula is C29H24BrFN2O2S. The number of hydrogen-bond acceptors (Lipinski definition) is 5. The third kappa shape index (κ3) is 5.37. The third-order valence-electron chi connectivity index (χ3n) is 5.83. The molecule has 5 rings (SSSR count). The maximum atomic E-state index is 13.9. The summed E-state index contributed by atoms with van der Waals surface area (Å²) in [7, 11) is 1.60.